The summed E-state index contributed by atoms with van der Waals surface area (Å²) in [5, 5.41) is 0. The minimum Gasteiger partial charge on any atom is -0.317 e. The Morgan fingerprint density at radius 2 is 1.32 bits per heavy atom. The molecule has 3 aromatic rings. The van der Waals surface area contributed by atoms with E-state index in [0.29, 0.717) is 17.7 Å². The van der Waals surface area contributed by atoms with Crippen molar-refractivity contribution in [3.8, 4) is 0 Å². The van der Waals surface area contributed by atoms with Gasteiger partial charge >= 0.3 is 12.4 Å². The van der Waals surface area contributed by atoms with Gasteiger partial charge in [0.25, 0.3) is 0 Å². The van der Waals surface area contributed by atoms with Gasteiger partial charge in [0, 0.05) is 4.47 Å². The molecule has 0 saturated heterocycles. The average molecular weight is 506 g/mol. The molecule has 0 saturated carbocycles. The first-order valence-electron chi connectivity index (χ1n) is 8.89. The Morgan fingerprint density at radius 1 is 0.710 bits per heavy atom. The molecular weight excluding hydrogens is 491 g/mol. The fraction of sp³-hybridized carbons (Fsp3) is 0.182. The molecule has 9 heteroatoms. The number of rotatable bonds is 4. The van der Waals surface area contributed by atoms with Gasteiger partial charge in [-0.1, -0.05) is 52.3 Å². The first-order chi connectivity index (χ1) is 14.3. The second kappa shape index (κ2) is 8.27. The topological polar surface area (TPSA) is 26.0 Å². The lowest BCUT2D eigenvalue weighted by molar-refractivity contribution is -0.140. The van der Waals surface area contributed by atoms with Gasteiger partial charge in [0.1, 0.15) is 5.82 Å². The number of hydrogen-bond acceptors (Lipinski definition) is 1. The van der Waals surface area contributed by atoms with Gasteiger partial charge in [-0.15, -0.1) is 0 Å². The van der Waals surface area contributed by atoms with Gasteiger partial charge in [-0.25, -0.2) is 4.39 Å². The number of nitrogens with two attached hydrogens (primary N) is 1. The molecule has 0 bridgehead atoms. The van der Waals surface area contributed by atoms with Crippen molar-refractivity contribution in [2.45, 2.75) is 24.3 Å². The molecule has 0 aliphatic heterocycles. The number of benzene rings is 3. The minimum absolute atomic E-state index is 0.0540. The summed E-state index contributed by atoms with van der Waals surface area (Å²) in [4.78, 5) is 0. The molecule has 0 aliphatic rings. The molecule has 1 atom stereocenters. The van der Waals surface area contributed by atoms with Gasteiger partial charge in [0.2, 0.25) is 0 Å². The van der Waals surface area contributed by atoms with Crippen LogP contribution in [0, 0.1) is 5.82 Å². The molecule has 31 heavy (non-hydrogen) atoms. The Labute approximate surface area is 181 Å². The lowest BCUT2D eigenvalue weighted by atomic mass is 9.78. The van der Waals surface area contributed by atoms with Crippen LogP contribution in [0.4, 0.5) is 30.7 Å². The van der Waals surface area contributed by atoms with E-state index in [0.717, 1.165) is 18.2 Å². The average Bonchev–Trinajstić information content (AvgIpc) is 2.67. The van der Waals surface area contributed by atoms with Crippen LogP contribution in [0.2, 0.25) is 0 Å². The van der Waals surface area contributed by atoms with Crippen molar-refractivity contribution in [1.82, 2.24) is 0 Å². The number of halogens is 8. The summed E-state index contributed by atoms with van der Waals surface area (Å²) in [6.45, 7) is 0. The van der Waals surface area contributed by atoms with Crippen LogP contribution in [0.15, 0.2) is 71.2 Å². The third-order valence-corrected chi connectivity index (χ3v) is 5.31. The molecule has 0 radical (unpaired) electrons. The molecule has 0 spiro atoms. The Balaban J connectivity index is 2.26. The minimum atomic E-state index is -5.00. The summed E-state index contributed by atoms with van der Waals surface area (Å²) in [7, 11) is 0. The molecule has 2 N–H and O–H groups in total. The summed E-state index contributed by atoms with van der Waals surface area (Å²) in [6.07, 6.45) is -9.82. The van der Waals surface area contributed by atoms with Crippen LogP contribution in [0.1, 0.15) is 27.8 Å². The molecule has 3 aromatic carbocycles. The molecule has 0 heterocycles. The molecule has 1 unspecified atom stereocenters. The van der Waals surface area contributed by atoms with Crippen molar-refractivity contribution < 1.29 is 30.7 Å². The largest absolute Gasteiger partial charge is 0.419 e. The van der Waals surface area contributed by atoms with Crippen LogP contribution >= 0.6 is 15.9 Å². The summed E-state index contributed by atoms with van der Waals surface area (Å²) in [5.74, 6) is -1.50. The zero-order valence-corrected chi connectivity index (χ0v) is 17.2. The smallest absolute Gasteiger partial charge is 0.317 e. The molecule has 164 valence electrons. The third kappa shape index (κ3) is 5.10. The van der Waals surface area contributed by atoms with Gasteiger partial charge in [-0.2, -0.15) is 26.3 Å². The zero-order chi connectivity index (χ0) is 23.0. The molecule has 0 amide bonds. The first-order valence-corrected chi connectivity index (χ1v) is 9.68. The molecule has 0 fully saturated rings. The third-order valence-electron chi connectivity index (χ3n) is 4.85. The van der Waals surface area contributed by atoms with Crippen molar-refractivity contribution in [2.24, 2.45) is 5.73 Å². The molecule has 0 aliphatic carbocycles. The van der Waals surface area contributed by atoms with Crippen molar-refractivity contribution in [3.63, 3.8) is 0 Å². The highest BCUT2D eigenvalue weighted by Gasteiger charge is 2.39. The van der Waals surface area contributed by atoms with Crippen molar-refractivity contribution in [2.75, 3.05) is 0 Å². The summed E-state index contributed by atoms with van der Waals surface area (Å²) in [5.41, 5.74) is 2.51. The van der Waals surface area contributed by atoms with E-state index in [1.165, 1.54) is 6.07 Å². The molecule has 1 nitrogen and oxygen atoms in total. The quantitative estimate of drug-likeness (QED) is 0.377. The maximum atomic E-state index is 13.9. The Hall–Kier alpha value is -2.39. The molecular formula is C22H15BrF7N. The van der Waals surface area contributed by atoms with Crippen LogP contribution in [0.25, 0.3) is 0 Å². The first kappa shape index (κ1) is 23.3. The van der Waals surface area contributed by atoms with E-state index >= 15 is 0 Å². The standard InChI is InChI=1S/C22H15BrF7N/c23-17-9-15(8-16(10-17)21(25,26)27)20(31,12-13-4-2-1-3-5-13)14-6-7-19(24)18(11-14)22(28,29)30/h1-11H,12,31H2. The zero-order valence-electron chi connectivity index (χ0n) is 15.7. The van der Waals surface area contributed by atoms with Gasteiger partial charge in [0.05, 0.1) is 16.7 Å². The maximum Gasteiger partial charge on any atom is 0.419 e. The highest BCUT2D eigenvalue weighted by molar-refractivity contribution is 9.10. The van der Waals surface area contributed by atoms with E-state index in [1.54, 1.807) is 30.3 Å². The molecule has 3 rings (SSSR count). The van der Waals surface area contributed by atoms with Crippen LogP contribution in [0.3, 0.4) is 0 Å². The van der Waals surface area contributed by atoms with Gasteiger partial charge < -0.3 is 5.73 Å². The Morgan fingerprint density at radius 3 is 1.90 bits per heavy atom. The second-order valence-electron chi connectivity index (χ2n) is 7.05. The fourth-order valence-electron chi connectivity index (χ4n) is 3.32. The number of alkyl halides is 6. The van der Waals surface area contributed by atoms with E-state index < -0.39 is 34.8 Å². The summed E-state index contributed by atoms with van der Waals surface area (Å²) < 4.78 is 93.9. The predicted molar refractivity (Wildman–Crippen MR) is 106 cm³/mol. The van der Waals surface area contributed by atoms with Crippen molar-refractivity contribution >= 4 is 15.9 Å². The highest BCUT2D eigenvalue weighted by atomic mass is 79.9. The maximum absolute atomic E-state index is 13.9. The Kier molecular flexibility index (Phi) is 6.21. The SMILES string of the molecule is NC(Cc1ccccc1)(c1cc(Br)cc(C(F)(F)F)c1)c1ccc(F)c(C(F)(F)F)c1. The van der Waals surface area contributed by atoms with Crippen LogP contribution in [-0.2, 0) is 24.3 Å². The monoisotopic (exact) mass is 505 g/mol. The van der Waals surface area contributed by atoms with Crippen LogP contribution in [0.5, 0.6) is 0 Å². The van der Waals surface area contributed by atoms with E-state index in [-0.39, 0.29) is 22.0 Å². The van der Waals surface area contributed by atoms with Gasteiger partial charge in [-0.3, -0.25) is 0 Å². The van der Waals surface area contributed by atoms with E-state index in [1.807, 2.05) is 0 Å². The van der Waals surface area contributed by atoms with Crippen LogP contribution in [-0.4, -0.2) is 0 Å². The van der Waals surface area contributed by atoms with Crippen LogP contribution < -0.4 is 5.73 Å². The molecule has 0 aromatic heterocycles. The van der Waals surface area contributed by atoms with E-state index in [4.69, 9.17) is 5.73 Å². The van der Waals surface area contributed by atoms with E-state index in [2.05, 4.69) is 15.9 Å². The van der Waals surface area contributed by atoms with Gasteiger partial charge in [0.15, 0.2) is 0 Å². The fourth-order valence-corrected chi connectivity index (χ4v) is 3.81. The van der Waals surface area contributed by atoms with E-state index in [9.17, 15) is 30.7 Å². The van der Waals surface area contributed by atoms with Crippen molar-refractivity contribution in [1.29, 1.82) is 0 Å². The predicted octanol–water partition coefficient (Wildman–Crippen LogP) is 7.07. The Bertz CT molecular complexity index is 1080. The number of hydrogen-bond donors (Lipinski definition) is 1. The van der Waals surface area contributed by atoms with Crippen molar-refractivity contribution in [3.05, 3.63) is 105 Å². The highest BCUT2D eigenvalue weighted by Crippen LogP contribution is 2.40. The second-order valence-corrected chi connectivity index (χ2v) is 7.97. The lowest BCUT2D eigenvalue weighted by Gasteiger charge is -2.32. The normalized spacial score (nSPS) is 14.4. The lowest BCUT2D eigenvalue weighted by Crippen LogP contribution is -2.41. The summed E-state index contributed by atoms with van der Waals surface area (Å²) >= 11 is 3.02. The van der Waals surface area contributed by atoms with Gasteiger partial charge in [-0.05, 0) is 53.4 Å². The summed E-state index contributed by atoms with van der Waals surface area (Å²) in [6, 6.07) is 13.5.